The number of allylic oxidation sites excluding steroid dienone is 6. The van der Waals surface area contributed by atoms with Crippen LogP contribution in [0, 0.1) is 0 Å². The minimum Gasteiger partial charge on any atom is -0.327 e. The highest BCUT2D eigenvalue weighted by molar-refractivity contribution is 6.29. The van der Waals surface area contributed by atoms with Gasteiger partial charge < -0.3 is 4.57 Å². The summed E-state index contributed by atoms with van der Waals surface area (Å²) < 4.78 is 2.06. The fourth-order valence-electron chi connectivity index (χ4n) is 1.90. The van der Waals surface area contributed by atoms with Crippen LogP contribution in [0.15, 0.2) is 54.4 Å². The molecule has 2 heterocycles. The third kappa shape index (κ3) is 3.58. The predicted octanol–water partition coefficient (Wildman–Crippen LogP) is 4.55. The first-order valence-electron chi connectivity index (χ1n) is 6.70. The molecule has 0 fully saturated rings. The molecule has 0 N–H and O–H groups in total. The van der Waals surface area contributed by atoms with Crippen molar-refractivity contribution in [2.24, 2.45) is 0 Å². The first-order valence-corrected chi connectivity index (χ1v) is 7.08. The van der Waals surface area contributed by atoms with Gasteiger partial charge in [0.05, 0.1) is 6.20 Å². The van der Waals surface area contributed by atoms with E-state index in [2.05, 4.69) is 39.7 Å². The topological polar surface area (TPSA) is 30.7 Å². The Kier molecular flexibility index (Phi) is 5.13. The second-order valence-electron chi connectivity index (χ2n) is 4.42. The molecular weight excluding hydrogens is 270 g/mol. The van der Waals surface area contributed by atoms with Gasteiger partial charge in [-0.3, -0.25) is 0 Å². The van der Waals surface area contributed by atoms with Gasteiger partial charge in [-0.05, 0) is 25.0 Å². The van der Waals surface area contributed by atoms with Gasteiger partial charge in [0.25, 0.3) is 0 Å². The number of halogens is 1. The van der Waals surface area contributed by atoms with Crippen LogP contribution in [0.3, 0.4) is 0 Å². The van der Waals surface area contributed by atoms with Gasteiger partial charge in [-0.25, -0.2) is 9.97 Å². The van der Waals surface area contributed by atoms with Crippen LogP contribution >= 0.6 is 11.6 Å². The molecule has 0 aliphatic heterocycles. The molecule has 0 saturated carbocycles. The molecule has 20 heavy (non-hydrogen) atoms. The number of hydrogen-bond acceptors (Lipinski definition) is 2. The normalized spacial score (nSPS) is 13.1. The summed E-state index contributed by atoms with van der Waals surface area (Å²) in [5, 5.41) is 0.417. The molecule has 0 aromatic carbocycles. The van der Waals surface area contributed by atoms with Gasteiger partial charge in [0.1, 0.15) is 10.7 Å². The van der Waals surface area contributed by atoms with E-state index in [1.807, 2.05) is 31.3 Å². The van der Waals surface area contributed by atoms with E-state index in [1.165, 1.54) is 5.57 Å². The smallest absolute Gasteiger partial charge is 0.160 e. The van der Waals surface area contributed by atoms with Crippen LogP contribution in [0.4, 0.5) is 0 Å². The average Bonchev–Trinajstić information content (AvgIpc) is 2.84. The molecule has 104 valence electrons. The molecule has 0 saturated heterocycles. The minimum atomic E-state index is 0.417. The van der Waals surface area contributed by atoms with Crippen LogP contribution in [-0.4, -0.2) is 14.5 Å². The number of fused-ring (bicyclic) bond motifs is 1. The van der Waals surface area contributed by atoms with Gasteiger partial charge >= 0.3 is 0 Å². The summed E-state index contributed by atoms with van der Waals surface area (Å²) in [6.07, 6.45) is 15.0. The highest BCUT2D eigenvalue weighted by Crippen LogP contribution is 2.16. The maximum atomic E-state index is 5.92. The van der Waals surface area contributed by atoms with E-state index in [4.69, 9.17) is 11.6 Å². The second kappa shape index (κ2) is 7.06. The maximum absolute atomic E-state index is 5.92. The molecule has 2 rings (SSSR count). The largest absolute Gasteiger partial charge is 0.327 e. The SMILES string of the molecule is C\C=C/C=C(\C=C/CC)Cn1ccc2ncc(Cl)nc21. The summed E-state index contributed by atoms with van der Waals surface area (Å²) >= 11 is 5.92. The van der Waals surface area contributed by atoms with Gasteiger partial charge in [-0.15, -0.1) is 0 Å². The van der Waals surface area contributed by atoms with E-state index in [0.29, 0.717) is 5.15 Å². The van der Waals surface area contributed by atoms with E-state index in [-0.39, 0.29) is 0 Å². The van der Waals surface area contributed by atoms with E-state index in [1.54, 1.807) is 6.20 Å². The lowest BCUT2D eigenvalue weighted by Gasteiger charge is -2.05. The van der Waals surface area contributed by atoms with Gasteiger partial charge in [-0.1, -0.05) is 48.9 Å². The Morgan fingerprint density at radius 2 is 2.30 bits per heavy atom. The van der Waals surface area contributed by atoms with Crippen molar-refractivity contribution in [1.29, 1.82) is 0 Å². The van der Waals surface area contributed by atoms with E-state index >= 15 is 0 Å². The lowest BCUT2D eigenvalue weighted by atomic mass is 10.2. The fourth-order valence-corrected chi connectivity index (χ4v) is 2.03. The number of rotatable bonds is 5. The number of aromatic nitrogens is 3. The van der Waals surface area contributed by atoms with Crippen LogP contribution in [0.25, 0.3) is 11.2 Å². The molecule has 2 aromatic heterocycles. The van der Waals surface area contributed by atoms with Crippen LogP contribution in [0.1, 0.15) is 20.3 Å². The van der Waals surface area contributed by atoms with Gasteiger partial charge in [-0.2, -0.15) is 0 Å². The second-order valence-corrected chi connectivity index (χ2v) is 4.81. The van der Waals surface area contributed by atoms with Gasteiger partial charge in [0, 0.05) is 12.7 Å². The molecule has 0 amide bonds. The van der Waals surface area contributed by atoms with Crippen molar-refractivity contribution in [2.75, 3.05) is 0 Å². The summed E-state index contributed by atoms with van der Waals surface area (Å²) in [5.41, 5.74) is 2.89. The van der Waals surface area contributed by atoms with Gasteiger partial charge in [0.15, 0.2) is 5.65 Å². The molecular formula is C16H18ClN3. The Morgan fingerprint density at radius 1 is 1.45 bits per heavy atom. The maximum Gasteiger partial charge on any atom is 0.160 e. The zero-order valence-electron chi connectivity index (χ0n) is 11.8. The average molecular weight is 288 g/mol. The molecule has 4 heteroatoms. The first-order chi connectivity index (χ1) is 9.74. The van der Waals surface area contributed by atoms with Crippen LogP contribution < -0.4 is 0 Å². The summed E-state index contributed by atoms with van der Waals surface area (Å²) in [7, 11) is 0. The van der Waals surface area contributed by atoms with Crippen molar-refractivity contribution in [3.63, 3.8) is 0 Å². The molecule has 2 aromatic rings. The lowest BCUT2D eigenvalue weighted by Crippen LogP contribution is -2.00. The van der Waals surface area contributed by atoms with E-state index < -0.39 is 0 Å². The lowest BCUT2D eigenvalue weighted by molar-refractivity contribution is 0.823. The summed E-state index contributed by atoms with van der Waals surface area (Å²) in [6.45, 7) is 4.88. The number of nitrogens with zero attached hydrogens (tertiary/aromatic N) is 3. The van der Waals surface area contributed by atoms with Crippen molar-refractivity contribution in [3.8, 4) is 0 Å². The van der Waals surface area contributed by atoms with Crippen LogP contribution in [0.5, 0.6) is 0 Å². The van der Waals surface area contributed by atoms with Gasteiger partial charge in [0.2, 0.25) is 0 Å². The molecule has 3 nitrogen and oxygen atoms in total. The van der Waals surface area contributed by atoms with Crippen molar-refractivity contribution in [3.05, 3.63) is 59.6 Å². The summed E-state index contributed by atoms with van der Waals surface area (Å²) in [5.74, 6) is 0. The minimum absolute atomic E-state index is 0.417. The Bertz CT molecular complexity index is 665. The third-order valence-electron chi connectivity index (χ3n) is 2.86. The summed E-state index contributed by atoms with van der Waals surface area (Å²) in [4.78, 5) is 8.61. The van der Waals surface area contributed by atoms with Crippen molar-refractivity contribution in [2.45, 2.75) is 26.8 Å². The van der Waals surface area contributed by atoms with Crippen molar-refractivity contribution in [1.82, 2.24) is 14.5 Å². The van der Waals surface area contributed by atoms with Crippen molar-refractivity contribution >= 4 is 22.8 Å². The fraction of sp³-hybridized carbons (Fsp3) is 0.250. The predicted molar refractivity (Wildman–Crippen MR) is 84.9 cm³/mol. The highest BCUT2D eigenvalue weighted by atomic mass is 35.5. The third-order valence-corrected chi connectivity index (χ3v) is 3.04. The first kappa shape index (κ1) is 14.5. The quantitative estimate of drug-likeness (QED) is 0.755. The molecule has 0 spiro atoms. The van der Waals surface area contributed by atoms with Crippen molar-refractivity contribution < 1.29 is 0 Å². The van der Waals surface area contributed by atoms with E-state index in [9.17, 15) is 0 Å². The molecule has 0 atom stereocenters. The van der Waals surface area contributed by atoms with Crippen LogP contribution in [-0.2, 0) is 6.54 Å². The monoisotopic (exact) mass is 287 g/mol. The Balaban J connectivity index is 2.33. The molecule has 0 bridgehead atoms. The highest BCUT2D eigenvalue weighted by Gasteiger charge is 2.05. The Hall–Kier alpha value is -1.87. The molecule has 0 radical (unpaired) electrons. The molecule has 0 unspecified atom stereocenters. The zero-order chi connectivity index (χ0) is 14.4. The summed E-state index contributed by atoms with van der Waals surface area (Å²) in [6, 6.07) is 1.95. The standard InChI is InChI=1S/C16H18ClN3/c1-3-5-7-13(8-6-4-2)12-20-10-9-14-16(20)19-15(17)11-18-14/h3,5-11H,4,12H2,1-2H3/b5-3-,8-6-,13-7+. The molecule has 0 aliphatic rings. The number of hydrogen-bond donors (Lipinski definition) is 0. The Labute approximate surface area is 124 Å². The Morgan fingerprint density at radius 3 is 3.05 bits per heavy atom. The van der Waals surface area contributed by atoms with Crippen LogP contribution in [0.2, 0.25) is 5.15 Å². The molecule has 0 aliphatic carbocycles. The zero-order valence-corrected chi connectivity index (χ0v) is 12.5. The van der Waals surface area contributed by atoms with E-state index in [0.717, 1.165) is 24.1 Å².